The van der Waals surface area contributed by atoms with Crippen LogP contribution in [0.25, 0.3) is 0 Å². The van der Waals surface area contributed by atoms with E-state index in [-0.39, 0.29) is 9.21 Å². The van der Waals surface area contributed by atoms with Gasteiger partial charge in [0.1, 0.15) is 4.21 Å². The molecule has 1 aromatic carbocycles. The standard InChI is InChI=1S/C15H16N2O4S2/c18-17(19)14-6-7-15(22-14)23(20,21)16-10-8-13(9-11-16)12-4-2-1-3-5-12/h1-7,13H,8-11H2. The van der Waals surface area contributed by atoms with Crippen molar-refractivity contribution < 1.29 is 13.3 Å². The minimum absolute atomic E-state index is 0.0439. The Bertz CT molecular complexity index is 794. The Labute approximate surface area is 138 Å². The number of sulfonamides is 1. The molecule has 1 aliphatic rings. The van der Waals surface area contributed by atoms with Gasteiger partial charge in [0.15, 0.2) is 0 Å². The number of benzene rings is 1. The summed E-state index contributed by atoms with van der Waals surface area (Å²) in [5, 5.41) is 10.6. The molecule has 0 atom stereocenters. The van der Waals surface area contributed by atoms with Gasteiger partial charge < -0.3 is 0 Å². The van der Waals surface area contributed by atoms with Crippen molar-refractivity contribution in [2.75, 3.05) is 13.1 Å². The van der Waals surface area contributed by atoms with Crippen LogP contribution in [0.4, 0.5) is 5.00 Å². The molecule has 8 heteroatoms. The van der Waals surface area contributed by atoms with Gasteiger partial charge in [-0.15, -0.1) is 0 Å². The van der Waals surface area contributed by atoms with Crippen LogP contribution in [0.5, 0.6) is 0 Å². The molecule has 0 aliphatic carbocycles. The SMILES string of the molecule is O=[N+]([O-])c1ccc(S(=O)(=O)N2CCC(c3ccccc3)CC2)s1. The molecule has 0 saturated carbocycles. The average Bonchev–Trinajstić information content (AvgIpc) is 3.07. The average molecular weight is 352 g/mol. The van der Waals surface area contributed by atoms with Gasteiger partial charge in [-0.3, -0.25) is 10.1 Å². The zero-order valence-electron chi connectivity index (χ0n) is 12.3. The van der Waals surface area contributed by atoms with Crippen LogP contribution in [0.15, 0.2) is 46.7 Å². The van der Waals surface area contributed by atoms with Gasteiger partial charge in [-0.2, -0.15) is 4.31 Å². The van der Waals surface area contributed by atoms with E-state index in [0.717, 1.165) is 12.8 Å². The summed E-state index contributed by atoms with van der Waals surface area (Å²) in [6, 6.07) is 12.6. The Kier molecular flexibility index (Phi) is 4.47. The van der Waals surface area contributed by atoms with E-state index >= 15 is 0 Å². The highest BCUT2D eigenvalue weighted by Crippen LogP contribution is 2.34. The quantitative estimate of drug-likeness (QED) is 0.625. The number of hydrogen-bond acceptors (Lipinski definition) is 5. The fraction of sp³-hybridized carbons (Fsp3) is 0.333. The van der Waals surface area contributed by atoms with Crippen LogP contribution in [0, 0.1) is 10.1 Å². The van der Waals surface area contributed by atoms with Crippen LogP contribution >= 0.6 is 11.3 Å². The molecule has 0 bridgehead atoms. The summed E-state index contributed by atoms with van der Waals surface area (Å²) in [5.41, 5.74) is 1.23. The van der Waals surface area contributed by atoms with Crippen LogP contribution in [-0.2, 0) is 10.0 Å². The van der Waals surface area contributed by atoms with Gasteiger partial charge in [0.05, 0.1) is 4.92 Å². The highest BCUT2D eigenvalue weighted by molar-refractivity contribution is 7.91. The van der Waals surface area contributed by atoms with Crippen molar-refractivity contribution in [1.82, 2.24) is 4.31 Å². The van der Waals surface area contributed by atoms with Crippen LogP contribution in [0.2, 0.25) is 0 Å². The summed E-state index contributed by atoms with van der Waals surface area (Å²) in [4.78, 5) is 10.2. The summed E-state index contributed by atoms with van der Waals surface area (Å²) in [7, 11) is -3.63. The van der Waals surface area contributed by atoms with Crippen molar-refractivity contribution in [3.8, 4) is 0 Å². The first-order valence-electron chi connectivity index (χ1n) is 7.28. The predicted molar refractivity (Wildman–Crippen MR) is 88.1 cm³/mol. The normalized spacial score (nSPS) is 17.2. The van der Waals surface area contributed by atoms with E-state index in [1.807, 2.05) is 18.2 Å². The van der Waals surface area contributed by atoms with Gasteiger partial charge in [0.2, 0.25) is 0 Å². The Morgan fingerprint density at radius 3 is 2.30 bits per heavy atom. The lowest BCUT2D eigenvalue weighted by Gasteiger charge is -2.31. The van der Waals surface area contributed by atoms with E-state index < -0.39 is 14.9 Å². The van der Waals surface area contributed by atoms with Gasteiger partial charge in [-0.05, 0) is 41.7 Å². The second-order valence-corrected chi connectivity index (χ2v) is 8.67. The van der Waals surface area contributed by atoms with Crippen molar-refractivity contribution in [3.63, 3.8) is 0 Å². The molecule has 1 fully saturated rings. The Hall–Kier alpha value is -1.77. The number of nitro groups is 1. The zero-order valence-corrected chi connectivity index (χ0v) is 13.9. The Morgan fingerprint density at radius 1 is 1.09 bits per heavy atom. The largest absolute Gasteiger partial charge is 0.325 e. The van der Waals surface area contributed by atoms with Gasteiger partial charge in [0.25, 0.3) is 10.0 Å². The van der Waals surface area contributed by atoms with Crippen molar-refractivity contribution >= 4 is 26.4 Å². The van der Waals surface area contributed by atoms with Gasteiger partial charge in [-0.1, -0.05) is 30.3 Å². The summed E-state index contributed by atoms with van der Waals surface area (Å²) in [5.74, 6) is 0.361. The molecule has 23 heavy (non-hydrogen) atoms. The molecular formula is C15H16N2O4S2. The fourth-order valence-electron chi connectivity index (χ4n) is 2.83. The van der Waals surface area contributed by atoms with Crippen molar-refractivity contribution in [2.24, 2.45) is 0 Å². The molecule has 122 valence electrons. The first-order chi connectivity index (χ1) is 11.0. The second kappa shape index (κ2) is 6.38. The Balaban J connectivity index is 1.72. The maximum atomic E-state index is 12.6. The highest BCUT2D eigenvalue weighted by atomic mass is 32.2. The van der Waals surface area contributed by atoms with Crippen LogP contribution in [0.3, 0.4) is 0 Å². The molecule has 1 aromatic heterocycles. The van der Waals surface area contributed by atoms with Gasteiger partial charge >= 0.3 is 5.00 Å². The van der Waals surface area contributed by atoms with E-state index in [0.29, 0.717) is 30.3 Å². The van der Waals surface area contributed by atoms with Crippen LogP contribution in [-0.4, -0.2) is 30.7 Å². The summed E-state index contributed by atoms with van der Waals surface area (Å²) < 4.78 is 26.6. The van der Waals surface area contributed by atoms with Crippen molar-refractivity contribution in [1.29, 1.82) is 0 Å². The zero-order chi connectivity index (χ0) is 16.4. The minimum atomic E-state index is -3.63. The number of rotatable bonds is 4. The molecule has 6 nitrogen and oxygen atoms in total. The maximum Gasteiger partial charge on any atom is 0.325 e. The molecule has 0 N–H and O–H groups in total. The number of piperidine rings is 1. The number of nitrogens with zero attached hydrogens (tertiary/aromatic N) is 2. The lowest BCUT2D eigenvalue weighted by Crippen LogP contribution is -2.37. The molecule has 0 unspecified atom stereocenters. The first kappa shape index (κ1) is 16.1. The molecule has 3 rings (SSSR count). The topological polar surface area (TPSA) is 80.5 Å². The molecule has 1 saturated heterocycles. The lowest BCUT2D eigenvalue weighted by atomic mass is 9.90. The summed E-state index contributed by atoms with van der Waals surface area (Å²) in [6.45, 7) is 0.876. The predicted octanol–water partition coefficient (Wildman–Crippen LogP) is 3.22. The Morgan fingerprint density at radius 2 is 1.74 bits per heavy atom. The smallest absolute Gasteiger partial charge is 0.258 e. The maximum absolute atomic E-state index is 12.6. The second-order valence-electron chi connectivity index (χ2n) is 5.44. The third-order valence-corrected chi connectivity index (χ3v) is 7.47. The molecular weight excluding hydrogens is 336 g/mol. The third kappa shape index (κ3) is 3.29. The van der Waals surface area contributed by atoms with E-state index in [4.69, 9.17) is 0 Å². The molecule has 2 aromatic rings. The van der Waals surface area contributed by atoms with Crippen LogP contribution < -0.4 is 0 Å². The molecule has 1 aliphatic heterocycles. The molecule has 0 spiro atoms. The first-order valence-corrected chi connectivity index (χ1v) is 9.53. The highest BCUT2D eigenvalue weighted by Gasteiger charge is 2.32. The molecule has 0 radical (unpaired) electrons. The van der Waals surface area contributed by atoms with E-state index in [2.05, 4.69) is 12.1 Å². The van der Waals surface area contributed by atoms with Crippen molar-refractivity contribution in [3.05, 3.63) is 58.1 Å². The third-order valence-electron chi connectivity index (χ3n) is 4.07. The van der Waals surface area contributed by atoms with Crippen molar-refractivity contribution in [2.45, 2.75) is 23.0 Å². The van der Waals surface area contributed by atoms with E-state index in [9.17, 15) is 18.5 Å². The number of hydrogen-bond donors (Lipinski definition) is 0. The van der Waals surface area contributed by atoms with E-state index in [1.165, 1.54) is 22.0 Å². The number of thiophene rings is 1. The monoisotopic (exact) mass is 352 g/mol. The molecule has 2 heterocycles. The lowest BCUT2D eigenvalue weighted by molar-refractivity contribution is -0.380. The van der Waals surface area contributed by atoms with E-state index in [1.54, 1.807) is 0 Å². The fourth-order valence-corrected chi connectivity index (χ4v) is 5.56. The van der Waals surface area contributed by atoms with Gasteiger partial charge in [0, 0.05) is 19.2 Å². The summed E-state index contributed by atoms with van der Waals surface area (Å²) >= 11 is 0.710. The van der Waals surface area contributed by atoms with Gasteiger partial charge in [-0.25, -0.2) is 8.42 Å². The minimum Gasteiger partial charge on any atom is -0.258 e. The summed E-state index contributed by atoms with van der Waals surface area (Å²) in [6.07, 6.45) is 1.52. The van der Waals surface area contributed by atoms with Crippen LogP contribution in [0.1, 0.15) is 24.3 Å². The molecule has 0 amide bonds.